The monoisotopic (exact) mass is 352 g/mol. The Kier molecular flexibility index (Phi) is 4.32. The lowest BCUT2D eigenvalue weighted by atomic mass is 10.1. The molecule has 0 spiro atoms. The van der Waals surface area contributed by atoms with Gasteiger partial charge in [-0.25, -0.2) is 0 Å². The number of halogens is 2. The van der Waals surface area contributed by atoms with E-state index in [0.29, 0.717) is 10.0 Å². The molecule has 5 nitrogen and oxygen atoms in total. The molecular formula is C14H10BrFN2O3. The highest BCUT2D eigenvalue weighted by molar-refractivity contribution is 9.10. The lowest BCUT2D eigenvalue weighted by Crippen LogP contribution is -2.13. The zero-order chi connectivity index (χ0) is 15.6. The summed E-state index contributed by atoms with van der Waals surface area (Å²) >= 11 is 3.27. The number of nitrogens with one attached hydrogen (secondary N) is 1. The maximum atomic E-state index is 13.5. The summed E-state index contributed by atoms with van der Waals surface area (Å²) < 4.78 is 14.1. The van der Waals surface area contributed by atoms with E-state index >= 15 is 0 Å². The molecule has 2 rings (SSSR count). The van der Waals surface area contributed by atoms with E-state index in [0.717, 1.165) is 17.7 Å². The van der Waals surface area contributed by atoms with Crippen molar-refractivity contribution in [2.24, 2.45) is 0 Å². The van der Waals surface area contributed by atoms with E-state index in [9.17, 15) is 19.3 Å². The molecule has 1 amide bonds. The van der Waals surface area contributed by atoms with Crippen molar-refractivity contribution >= 4 is 33.2 Å². The summed E-state index contributed by atoms with van der Waals surface area (Å²) in [6, 6.07) is 8.47. The highest BCUT2D eigenvalue weighted by atomic mass is 79.9. The second-order valence-corrected chi connectivity index (χ2v) is 5.22. The van der Waals surface area contributed by atoms with Crippen LogP contribution in [-0.4, -0.2) is 10.8 Å². The molecule has 0 fully saturated rings. The van der Waals surface area contributed by atoms with Crippen LogP contribution in [0.2, 0.25) is 0 Å². The largest absolute Gasteiger partial charge is 0.322 e. The number of hydrogen-bond acceptors (Lipinski definition) is 3. The molecule has 0 saturated carbocycles. The number of aryl methyl sites for hydroxylation is 1. The third-order valence-electron chi connectivity index (χ3n) is 2.77. The van der Waals surface area contributed by atoms with Gasteiger partial charge in [-0.1, -0.05) is 11.6 Å². The zero-order valence-electron chi connectivity index (χ0n) is 10.9. The van der Waals surface area contributed by atoms with Crippen LogP contribution in [0.25, 0.3) is 0 Å². The van der Waals surface area contributed by atoms with Crippen LogP contribution in [0, 0.1) is 22.9 Å². The molecule has 0 saturated heterocycles. The van der Waals surface area contributed by atoms with Gasteiger partial charge in [-0.05, 0) is 41.1 Å². The first kappa shape index (κ1) is 15.1. The standard InChI is InChI=1S/C14H10BrFN2O3/c1-8-2-4-11(15)10(6-8)14(19)17-9-3-5-13(18(20)21)12(16)7-9/h2-7H,1H3,(H,17,19). The number of rotatable bonds is 3. The minimum Gasteiger partial charge on any atom is -0.322 e. The number of amides is 1. The maximum Gasteiger partial charge on any atom is 0.304 e. The lowest BCUT2D eigenvalue weighted by molar-refractivity contribution is -0.387. The molecule has 7 heteroatoms. The van der Waals surface area contributed by atoms with Crippen molar-refractivity contribution < 1.29 is 14.1 Å². The van der Waals surface area contributed by atoms with Gasteiger partial charge in [0.2, 0.25) is 5.82 Å². The molecule has 2 aromatic rings. The molecule has 1 N–H and O–H groups in total. The second-order valence-electron chi connectivity index (χ2n) is 4.36. The molecule has 0 radical (unpaired) electrons. The number of carbonyl (C=O) groups is 1. The second kappa shape index (κ2) is 6.01. The van der Waals surface area contributed by atoms with Gasteiger partial charge in [0.1, 0.15) is 0 Å². The van der Waals surface area contributed by atoms with Gasteiger partial charge in [-0.3, -0.25) is 14.9 Å². The fourth-order valence-electron chi connectivity index (χ4n) is 1.74. The molecule has 0 aromatic heterocycles. The van der Waals surface area contributed by atoms with Crippen molar-refractivity contribution in [3.63, 3.8) is 0 Å². The first-order valence-corrected chi connectivity index (χ1v) is 6.69. The van der Waals surface area contributed by atoms with Crippen LogP contribution in [0.1, 0.15) is 15.9 Å². The Morgan fingerprint density at radius 3 is 2.62 bits per heavy atom. The van der Waals surface area contributed by atoms with E-state index in [4.69, 9.17) is 0 Å². The molecule has 0 aliphatic heterocycles. The van der Waals surface area contributed by atoms with Crippen LogP contribution < -0.4 is 5.32 Å². The molecular weight excluding hydrogens is 343 g/mol. The van der Waals surface area contributed by atoms with Gasteiger partial charge < -0.3 is 5.32 Å². The summed E-state index contributed by atoms with van der Waals surface area (Å²) in [7, 11) is 0. The van der Waals surface area contributed by atoms with Crippen molar-refractivity contribution in [2.75, 3.05) is 5.32 Å². The average molecular weight is 353 g/mol. The van der Waals surface area contributed by atoms with Crippen molar-refractivity contribution in [1.82, 2.24) is 0 Å². The van der Waals surface area contributed by atoms with Crippen LogP contribution in [0.4, 0.5) is 15.8 Å². The molecule has 108 valence electrons. The highest BCUT2D eigenvalue weighted by Crippen LogP contribution is 2.23. The van der Waals surface area contributed by atoms with Crippen LogP contribution in [-0.2, 0) is 0 Å². The molecule has 0 atom stereocenters. The van der Waals surface area contributed by atoms with Crippen molar-refractivity contribution in [1.29, 1.82) is 0 Å². The van der Waals surface area contributed by atoms with E-state index in [-0.39, 0.29) is 5.69 Å². The van der Waals surface area contributed by atoms with Gasteiger partial charge in [-0.15, -0.1) is 0 Å². The predicted octanol–water partition coefficient (Wildman–Crippen LogP) is 4.06. The van der Waals surface area contributed by atoms with Crippen molar-refractivity contribution in [2.45, 2.75) is 6.92 Å². The normalized spacial score (nSPS) is 10.2. The number of benzene rings is 2. The van der Waals surface area contributed by atoms with E-state index in [1.165, 1.54) is 6.07 Å². The van der Waals surface area contributed by atoms with E-state index in [2.05, 4.69) is 21.2 Å². The van der Waals surface area contributed by atoms with Gasteiger partial charge in [-0.2, -0.15) is 4.39 Å². The minimum absolute atomic E-state index is 0.150. The number of anilines is 1. The van der Waals surface area contributed by atoms with Crippen LogP contribution in [0.5, 0.6) is 0 Å². The molecule has 0 aliphatic rings. The highest BCUT2D eigenvalue weighted by Gasteiger charge is 2.16. The summed E-state index contributed by atoms with van der Waals surface area (Å²) in [6.45, 7) is 1.84. The molecule has 2 aromatic carbocycles. The molecule has 0 heterocycles. The summed E-state index contributed by atoms with van der Waals surface area (Å²) in [5, 5.41) is 13.0. The summed E-state index contributed by atoms with van der Waals surface area (Å²) in [5.41, 5.74) is 0.813. The van der Waals surface area contributed by atoms with E-state index in [1.807, 2.05) is 13.0 Å². The number of nitro benzene ring substituents is 1. The Balaban J connectivity index is 2.26. The molecule has 0 unspecified atom stereocenters. The van der Waals surface area contributed by atoms with Gasteiger partial charge in [0.15, 0.2) is 0 Å². The topological polar surface area (TPSA) is 72.2 Å². The summed E-state index contributed by atoms with van der Waals surface area (Å²) in [6.07, 6.45) is 0. The Bertz CT molecular complexity index is 734. The lowest BCUT2D eigenvalue weighted by Gasteiger charge is -2.08. The number of nitro groups is 1. The van der Waals surface area contributed by atoms with E-state index < -0.39 is 22.3 Å². The third-order valence-corrected chi connectivity index (χ3v) is 3.46. The third kappa shape index (κ3) is 3.43. The van der Waals surface area contributed by atoms with Crippen LogP contribution >= 0.6 is 15.9 Å². The molecule has 0 bridgehead atoms. The zero-order valence-corrected chi connectivity index (χ0v) is 12.5. The molecule has 21 heavy (non-hydrogen) atoms. The molecule has 0 aliphatic carbocycles. The van der Waals surface area contributed by atoms with E-state index in [1.54, 1.807) is 12.1 Å². The summed E-state index contributed by atoms with van der Waals surface area (Å²) in [5.74, 6) is -1.43. The Hall–Kier alpha value is -2.28. The van der Waals surface area contributed by atoms with Gasteiger partial charge in [0, 0.05) is 22.3 Å². The fourth-order valence-corrected chi connectivity index (χ4v) is 2.17. The minimum atomic E-state index is -0.999. The van der Waals surface area contributed by atoms with Crippen LogP contribution in [0.15, 0.2) is 40.9 Å². The number of carbonyl (C=O) groups excluding carboxylic acids is 1. The van der Waals surface area contributed by atoms with Gasteiger partial charge >= 0.3 is 5.69 Å². The Morgan fingerprint density at radius 1 is 1.29 bits per heavy atom. The Morgan fingerprint density at radius 2 is 2.00 bits per heavy atom. The number of hydrogen-bond donors (Lipinski definition) is 1. The van der Waals surface area contributed by atoms with Crippen LogP contribution in [0.3, 0.4) is 0 Å². The van der Waals surface area contributed by atoms with Gasteiger partial charge in [0.25, 0.3) is 5.91 Å². The van der Waals surface area contributed by atoms with Gasteiger partial charge in [0.05, 0.1) is 10.5 Å². The maximum absolute atomic E-state index is 13.5. The number of nitrogens with zero attached hydrogens (tertiary/aromatic N) is 1. The smallest absolute Gasteiger partial charge is 0.304 e. The first-order chi connectivity index (χ1) is 9.88. The quantitative estimate of drug-likeness (QED) is 0.668. The fraction of sp³-hybridized carbons (Fsp3) is 0.0714. The first-order valence-electron chi connectivity index (χ1n) is 5.90. The average Bonchev–Trinajstić information content (AvgIpc) is 2.41. The predicted molar refractivity (Wildman–Crippen MR) is 79.9 cm³/mol. The summed E-state index contributed by atoms with van der Waals surface area (Å²) in [4.78, 5) is 21.8. The van der Waals surface area contributed by atoms with Crippen molar-refractivity contribution in [3.05, 3.63) is 67.9 Å². The Labute approximate surface area is 128 Å². The van der Waals surface area contributed by atoms with Crippen molar-refractivity contribution in [3.8, 4) is 0 Å². The SMILES string of the molecule is Cc1ccc(Br)c(C(=O)Nc2ccc([N+](=O)[O-])c(F)c2)c1.